The number of anilines is 1. The second kappa shape index (κ2) is 5.70. The van der Waals surface area contributed by atoms with Gasteiger partial charge in [-0.1, -0.05) is 6.07 Å². The van der Waals surface area contributed by atoms with Gasteiger partial charge in [-0.3, -0.25) is 0 Å². The van der Waals surface area contributed by atoms with Crippen molar-refractivity contribution in [2.75, 3.05) is 5.73 Å². The van der Waals surface area contributed by atoms with Crippen molar-refractivity contribution in [1.82, 2.24) is 20.4 Å². The molecule has 24 heavy (non-hydrogen) atoms. The maximum Gasteiger partial charge on any atom is 0.207 e. The summed E-state index contributed by atoms with van der Waals surface area (Å²) in [5, 5.41) is 10.4. The summed E-state index contributed by atoms with van der Waals surface area (Å²) in [6.45, 7) is 7.50. The lowest BCUT2D eigenvalue weighted by Crippen LogP contribution is -2.01. The average molecular weight is 322 g/mol. The second-order valence-corrected chi connectivity index (χ2v) is 5.55. The zero-order chi connectivity index (χ0) is 16.5. The Hall–Kier alpha value is -3.34. The fraction of sp³-hybridized carbons (Fsp3) is 0.250. The van der Waals surface area contributed by atoms with Gasteiger partial charge < -0.3 is 15.2 Å². The van der Waals surface area contributed by atoms with Gasteiger partial charge in [0.25, 0.3) is 0 Å². The summed E-state index contributed by atoms with van der Waals surface area (Å²) in [7, 11) is 0. The van der Waals surface area contributed by atoms with E-state index in [4.69, 9.17) is 21.8 Å². The van der Waals surface area contributed by atoms with Gasteiger partial charge in [0.15, 0.2) is 17.0 Å². The maximum absolute atomic E-state index is 7.30. The number of nitrogen functional groups attached to an aromatic ring is 1. The molecule has 0 aliphatic heterocycles. The number of hydrogen-bond acceptors (Lipinski definition) is 6. The molecule has 0 unspecified atom stereocenters. The topological polar surface area (TPSA) is 103 Å². The van der Waals surface area contributed by atoms with Gasteiger partial charge in [0.1, 0.15) is 18.2 Å². The van der Waals surface area contributed by atoms with E-state index in [1.54, 1.807) is 12.1 Å². The lowest BCUT2D eigenvalue weighted by Gasteiger charge is -2.11. The Kier molecular flexibility index (Phi) is 3.39. The van der Waals surface area contributed by atoms with Crippen LogP contribution in [0.25, 0.3) is 16.0 Å². The Morgan fingerprint density at radius 1 is 1.29 bits per heavy atom. The molecule has 1 aliphatic rings. The lowest BCUT2D eigenvalue weighted by molar-refractivity contribution is 0.296. The number of H-pyrrole nitrogens is 1. The number of nitrogens with two attached hydrogens (primary N) is 1. The normalized spacial score (nSPS) is 13.6. The fourth-order valence-electron chi connectivity index (χ4n) is 2.33. The van der Waals surface area contributed by atoms with Crippen molar-refractivity contribution >= 4 is 22.7 Å². The standard InChI is InChI=1S/C16H14N6O2/c1-18-12-5-4-11(24-10-2-3-10)6-9(12)8-23-13-7-14(17)19-16-15(13)20-22-21-16/h4-7,10H,2-3,8H2,(H3,17,19,20,21,22). The molecule has 0 radical (unpaired) electrons. The predicted molar refractivity (Wildman–Crippen MR) is 86.8 cm³/mol. The van der Waals surface area contributed by atoms with E-state index in [9.17, 15) is 0 Å². The first kappa shape index (κ1) is 14.3. The van der Waals surface area contributed by atoms with E-state index < -0.39 is 0 Å². The average Bonchev–Trinajstić information content (AvgIpc) is 3.26. The van der Waals surface area contributed by atoms with E-state index in [-0.39, 0.29) is 6.61 Å². The molecule has 1 saturated carbocycles. The molecule has 4 rings (SSSR count). The third kappa shape index (κ3) is 2.79. The first-order valence-corrected chi connectivity index (χ1v) is 7.50. The van der Waals surface area contributed by atoms with E-state index >= 15 is 0 Å². The molecule has 2 heterocycles. The van der Waals surface area contributed by atoms with Crippen LogP contribution in [0.3, 0.4) is 0 Å². The van der Waals surface area contributed by atoms with E-state index in [1.165, 1.54) is 0 Å². The number of benzene rings is 1. The minimum absolute atomic E-state index is 0.199. The van der Waals surface area contributed by atoms with Crippen LogP contribution < -0.4 is 15.2 Å². The highest BCUT2D eigenvalue weighted by atomic mass is 16.5. The van der Waals surface area contributed by atoms with Crippen LogP contribution in [0.1, 0.15) is 18.4 Å². The summed E-state index contributed by atoms with van der Waals surface area (Å²) >= 11 is 0. The summed E-state index contributed by atoms with van der Waals surface area (Å²) in [5.74, 6) is 1.52. The van der Waals surface area contributed by atoms with Crippen molar-refractivity contribution in [2.45, 2.75) is 25.6 Å². The van der Waals surface area contributed by atoms with Crippen LogP contribution in [0, 0.1) is 6.57 Å². The Bertz CT molecular complexity index is 941. The van der Waals surface area contributed by atoms with Crippen LogP contribution >= 0.6 is 0 Å². The van der Waals surface area contributed by atoms with Gasteiger partial charge in [0, 0.05) is 6.07 Å². The number of aromatic amines is 1. The quantitative estimate of drug-likeness (QED) is 0.700. The number of hydrogen-bond donors (Lipinski definition) is 2. The van der Waals surface area contributed by atoms with E-state index in [1.807, 2.05) is 12.1 Å². The van der Waals surface area contributed by atoms with Gasteiger partial charge in [-0.05, 0) is 30.5 Å². The number of pyridine rings is 1. The van der Waals surface area contributed by atoms with E-state index in [2.05, 4.69) is 25.2 Å². The molecule has 0 amide bonds. The summed E-state index contributed by atoms with van der Waals surface area (Å²) in [6, 6.07) is 6.99. The van der Waals surface area contributed by atoms with Crippen molar-refractivity contribution in [3.8, 4) is 11.5 Å². The molecule has 0 atom stereocenters. The van der Waals surface area contributed by atoms with Gasteiger partial charge in [-0.15, -0.1) is 5.10 Å². The molecule has 2 aromatic heterocycles. The van der Waals surface area contributed by atoms with E-state index in [0.717, 1.165) is 24.2 Å². The molecule has 3 aromatic rings. The van der Waals surface area contributed by atoms with Crippen LogP contribution in [-0.4, -0.2) is 26.5 Å². The van der Waals surface area contributed by atoms with Crippen LogP contribution in [0.4, 0.5) is 11.5 Å². The van der Waals surface area contributed by atoms with Gasteiger partial charge in [-0.2, -0.15) is 10.3 Å². The number of nitrogens with zero attached hydrogens (tertiary/aromatic N) is 4. The SMILES string of the molecule is [C-]#[N+]c1ccc(OC2CC2)cc1COc1cc(N)nc2n[nH]nc12. The van der Waals surface area contributed by atoms with Crippen LogP contribution in [-0.2, 0) is 6.61 Å². The zero-order valence-corrected chi connectivity index (χ0v) is 12.7. The molecule has 1 aliphatic carbocycles. The first-order chi connectivity index (χ1) is 11.7. The van der Waals surface area contributed by atoms with Crippen molar-refractivity contribution in [1.29, 1.82) is 0 Å². The van der Waals surface area contributed by atoms with Crippen molar-refractivity contribution in [3.05, 3.63) is 41.2 Å². The van der Waals surface area contributed by atoms with E-state index in [0.29, 0.717) is 34.5 Å². The Morgan fingerprint density at radius 3 is 2.96 bits per heavy atom. The maximum atomic E-state index is 7.30. The van der Waals surface area contributed by atoms with Gasteiger partial charge >= 0.3 is 0 Å². The summed E-state index contributed by atoms with van der Waals surface area (Å²) in [5.41, 5.74) is 7.91. The number of ether oxygens (including phenoxy) is 2. The third-order valence-corrected chi connectivity index (χ3v) is 3.66. The lowest BCUT2D eigenvalue weighted by atomic mass is 10.2. The zero-order valence-electron chi connectivity index (χ0n) is 12.7. The Labute approximate surface area is 137 Å². The highest BCUT2D eigenvalue weighted by Crippen LogP contribution is 2.32. The first-order valence-electron chi connectivity index (χ1n) is 7.50. The van der Waals surface area contributed by atoms with Crippen molar-refractivity contribution in [2.24, 2.45) is 0 Å². The molecule has 0 saturated heterocycles. The Balaban J connectivity index is 1.60. The van der Waals surface area contributed by atoms with Gasteiger partial charge in [0.2, 0.25) is 5.65 Å². The predicted octanol–water partition coefficient (Wildman–Crippen LogP) is 2.61. The minimum Gasteiger partial charge on any atom is -0.491 e. The number of nitrogens with one attached hydrogen (secondary N) is 1. The fourth-order valence-corrected chi connectivity index (χ4v) is 2.33. The molecule has 1 aromatic carbocycles. The molecular formula is C16H14N6O2. The molecular weight excluding hydrogens is 308 g/mol. The molecule has 0 bridgehead atoms. The molecule has 1 fully saturated rings. The molecule has 120 valence electrons. The summed E-state index contributed by atoms with van der Waals surface area (Å²) in [4.78, 5) is 7.59. The van der Waals surface area contributed by atoms with Crippen molar-refractivity contribution in [3.63, 3.8) is 0 Å². The highest BCUT2D eigenvalue weighted by Gasteiger charge is 2.23. The van der Waals surface area contributed by atoms with Crippen LogP contribution in [0.2, 0.25) is 0 Å². The largest absolute Gasteiger partial charge is 0.491 e. The third-order valence-electron chi connectivity index (χ3n) is 3.66. The second-order valence-electron chi connectivity index (χ2n) is 5.55. The number of fused-ring (bicyclic) bond motifs is 1. The molecule has 3 N–H and O–H groups in total. The number of aromatic nitrogens is 4. The summed E-state index contributed by atoms with van der Waals surface area (Å²) in [6.07, 6.45) is 2.46. The molecule has 8 nitrogen and oxygen atoms in total. The highest BCUT2D eigenvalue weighted by molar-refractivity contribution is 5.78. The van der Waals surface area contributed by atoms with Gasteiger partial charge in [0.05, 0.1) is 12.7 Å². The smallest absolute Gasteiger partial charge is 0.207 e. The monoisotopic (exact) mass is 322 g/mol. The van der Waals surface area contributed by atoms with Gasteiger partial charge in [-0.25, -0.2) is 9.83 Å². The molecule has 8 heteroatoms. The summed E-state index contributed by atoms with van der Waals surface area (Å²) < 4.78 is 11.6. The van der Waals surface area contributed by atoms with Crippen molar-refractivity contribution < 1.29 is 9.47 Å². The molecule has 0 spiro atoms. The van der Waals surface area contributed by atoms with Crippen LogP contribution in [0.5, 0.6) is 11.5 Å². The Morgan fingerprint density at radius 2 is 2.17 bits per heavy atom. The number of rotatable bonds is 5. The minimum atomic E-state index is 0.199. The van der Waals surface area contributed by atoms with Crippen LogP contribution in [0.15, 0.2) is 24.3 Å².